The van der Waals surface area contributed by atoms with E-state index in [0.29, 0.717) is 17.3 Å². The van der Waals surface area contributed by atoms with Crippen molar-refractivity contribution >= 4 is 11.5 Å². The first-order valence-corrected chi connectivity index (χ1v) is 8.88. The standard InChI is InChI=1S/C21H24N4O2/c1-4-17(14-6-5-7-16(10-14)22-2)24-21-13-23-12-18(25-21)15-8-9-19(26)20(11-15)27-3/h5-13,17,22,26H,4H2,1-3H3,(H,24,25). The lowest BCUT2D eigenvalue weighted by molar-refractivity contribution is 0.373. The van der Waals surface area contributed by atoms with E-state index in [1.54, 1.807) is 30.6 Å². The summed E-state index contributed by atoms with van der Waals surface area (Å²) in [6, 6.07) is 13.6. The Bertz CT molecular complexity index is 914. The van der Waals surface area contributed by atoms with Crippen LogP contribution >= 0.6 is 0 Å². The van der Waals surface area contributed by atoms with Crippen LogP contribution < -0.4 is 15.4 Å². The average Bonchev–Trinajstić information content (AvgIpc) is 2.72. The van der Waals surface area contributed by atoms with Gasteiger partial charge in [-0.15, -0.1) is 0 Å². The van der Waals surface area contributed by atoms with E-state index in [0.717, 1.165) is 17.7 Å². The van der Waals surface area contributed by atoms with Gasteiger partial charge in [0.2, 0.25) is 0 Å². The summed E-state index contributed by atoms with van der Waals surface area (Å²) >= 11 is 0. The Morgan fingerprint density at radius 3 is 2.74 bits per heavy atom. The van der Waals surface area contributed by atoms with Crippen molar-refractivity contribution in [3.05, 3.63) is 60.4 Å². The molecule has 0 spiro atoms. The topological polar surface area (TPSA) is 79.3 Å². The van der Waals surface area contributed by atoms with Crippen LogP contribution in [0.1, 0.15) is 24.9 Å². The molecule has 0 aliphatic carbocycles. The fraction of sp³-hybridized carbons (Fsp3) is 0.238. The second-order valence-electron chi connectivity index (χ2n) is 6.16. The molecule has 6 heteroatoms. The number of anilines is 2. The molecule has 3 N–H and O–H groups in total. The predicted molar refractivity (Wildman–Crippen MR) is 108 cm³/mol. The number of hydrogen-bond acceptors (Lipinski definition) is 6. The van der Waals surface area contributed by atoms with Gasteiger partial charge in [0.15, 0.2) is 11.5 Å². The fourth-order valence-corrected chi connectivity index (χ4v) is 2.92. The molecule has 0 radical (unpaired) electrons. The van der Waals surface area contributed by atoms with Crippen LogP contribution in [0.5, 0.6) is 11.5 Å². The number of methoxy groups -OCH3 is 1. The van der Waals surface area contributed by atoms with Gasteiger partial charge in [-0.05, 0) is 42.3 Å². The first-order valence-electron chi connectivity index (χ1n) is 8.88. The van der Waals surface area contributed by atoms with Crippen LogP contribution in [0, 0.1) is 0 Å². The molecule has 6 nitrogen and oxygen atoms in total. The van der Waals surface area contributed by atoms with E-state index in [2.05, 4.69) is 39.7 Å². The van der Waals surface area contributed by atoms with Crippen LogP contribution in [0.25, 0.3) is 11.3 Å². The summed E-state index contributed by atoms with van der Waals surface area (Å²) in [6.07, 6.45) is 4.32. The molecule has 0 saturated heterocycles. The second-order valence-corrected chi connectivity index (χ2v) is 6.16. The molecule has 0 aliphatic rings. The van der Waals surface area contributed by atoms with Crippen molar-refractivity contribution in [1.29, 1.82) is 0 Å². The third kappa shape index (κ3) is 4.28. The smallest absolute Gasteiger partial charge is 0.161 e. The molecule has 0 bridgehead atoms. The Hall–Kier alpha value is -3.28. The van der Waals surface area contributed by atoms with E-state index in [4.69, 9.17) is 4.74 Å². The number of phenols is 1. The molecule has 2 aromatic carbocycles. The number of aromatic nitrogens is 2. The third-order valence-corrected chi connectivity index (χ3v) is 4.42. The Labute approximate surface area is 159 Å². The molecule has 0 fully saturated rings. The van der Waals surface area contributed by atoms with Crippen LogP contribution in [0.2, 0.25) is 0 Å². The van der Waals surface area contributed by atoms with Gasteiger partial charge in [0, 0.05) is 18.3 Å². The van der Waals surface area contributed by atoms with Gasteiger partial charge >= 0.3 is 0 Å². The van der Waals surface area contributed by atoms with Crippen LogP contribution in [0.3, 0.4) is 0 Å². The number of rotatable bonds is 7. The zero-order chi connectivity index (χ0) is 19.2. The largest absolute Gasteiger partial charge is 0.504 e. The van der Waals surface area contributed by atoms with E-state index < -0.39 is 0 Å². The highest BCUT2D eigenvalue weighted by Crippen LogP contribution is 2.31. The normalized spacial score (nSPS) is 11.7. The Morgan fingerprint density at radius 2 is 2.00 bits per heavy atom. The molecule has 0 saturated carbocycles. The second kappa shape index (κ2) is 8.40. The maximum atomic E-state index is 9.78. The number of aromatic hydroxyl groups is 1. The van der Waals surface area contributed by atoms with E-state index in [1.165, 1.54) is 12.7 Å². The van der Waals surface area contributed by atoms with Gasteiger partial charge in [-0.2, -0.15) is 0 Å². The van der Waals surface area contributed by atoms with E-state index >= 15 is 0 Å². The molecule has 0 amide bonds. The average molecular weight is 364 g/mol. The molecular weight excluding hydrogens is 340 g/mol. The number of nitrogens with one attached hydrogen (secondary N) is 2. The first kappa shape index (κ1) is 18.5. The minimum absolute atomic E-state index is 0.0963. The van der Waals surface area contributed by atoms with Crippen molar-refractivity contribution in [2.24, 2.45) is 0 Å². The highest BCUT2D eigenvalue weighted by atomic mass is 16.5. The summed E-state index contributed by atoms with van der Waals surface area (Å²) in [5.41, 5.74) is 3.79. The number of nitrogens with zero attached hydrogens (tertiary/aromatic N) is 2. The molecule has 1 unspecified atom stereocenters. The Kier molecular flexibility index (Phi) is 5.76. The molecule has 1 aromatic heterocycles. The predicted octanol–water partition coefficient (Wildman–Crippen LogP) is 4.46. The molecule has 1 heterocycles. The lowest BCUT2D eigenvalue weighted by atomic mass is 10.0. The van der Waals surface area contributed by atoms with Crippen molar-refractivity contribution in [2.75, 3.05) is 24.8 Å². The lowest BCUT2D eigenvalue weighted by Crippen LogP contribution is -2.11. The summed E-state index contributed by atoms with van der Waals surface area (Å²) in [7, 11) is 3.43. The van der Waals surface area contributed by atoms with Crippen LogP contribution in [-0.2, 0) is 0 Å². The zero-order valence-corrected chi connectivity index (χ0v) is 15.7. The van der Waals surface area contributed by atoms with Crippen LogP contribution in [-0.4, -0.2) is 29.2 Å². The van der Waals surface area contributed by atoms with E-state index in [1.807, 2.05) is 19.2 Å². The van der Waals surface area contributed by atoms with Gasteiger partial charge < -0.3 is 20.5 Å². The van der Waals surface area contributed by atoms with E-state index in [-0.39, 0.29) is 11.8 Å². The van der Waals surface area contributed by atoms with Gasteiger partial charge in [-0.3, -0.25) is 4.98 Å². The summed E-state index contributed by atoms with van der Waals surface area (Å²) < 4.78 is 5.18. The number of benzene rings is 2. The minimum Gasteiger partial charge on any atom is -0.504 e. The third-order valence-electron chi connectivity index (χ3n) is 4.42. The van der Waals surface area contributed by atoms with Crippen molar-refractivity contribution in [3.63, 3.8) is 0 Å². The summed E-state index contributed by atoms with van der Waals surface area (Å²) in [5, 5.41) is 16.4. The maximum Gasteiger partial charge on any atom is 0.161 e. The highest BCUT2D eigenvalue weighted by molar-refractivity contribution is 5.64. The Morgan fingerprint density at radius 1 is 1.15 bits per heavy atom. The zero-order valence-electron chi connectivity index (χ0n) is 15.7. The van der Waals surface area contributed by atoms with Crippen LogP contribution in [0.4, 0.5) is 11.5 Å². The number of hydrogen-bond donors (Lipinski definition) is 3. The van der Waals surface area contributed by atoms with Gasteiger partial charge in [0.1, 0.15) is 5.82 Å². The number of ether oxygens (including phenoxy) is 1. The minimum atomic E-state index is 0.0963. The monoisotopic (exact) mass is 364 g/mol. The van der Waals surface area contributed by atoms with Gasteiger partial charge in [0.25, 0.3) is 0 Å². The molecule has 27 heavy (non-hydrogen) atoms. The van der Waals surface area contributed by atoms with Gasteiger partial charge in [0.05, 0.1) is 31.2 Å². The molecular formula is C21H24N4O2. The molecule has 140 valence electrons. The SMILES string of the molecule is CCC(Nc1cncc(-c2ccc(O)c(OC)c2)n1)c1cccc(NC)c1. The van der Waals surface area contributed by atoms with Crippen molar-refractivity contribution < 1.29 is 9.84 Å². The van der Waals surface area contributed by atoms with Crippen molar-refractivity contribution in [3.8, 4) is 22.8 Å². The molecule has 3 aromatic rings. The van der Waals surface area contributed by atoms with E-state index in [9.17, 15) is 5.11 Å². The van der Waals surface area contributed by atoms with Crippen molar-refractivity contribution in [1.82, 2.24) is 9.97 Å². The van der Waals surface area contributed by atoms with Gasteiger partial charge in [-0.25, -0.2) is 4.98 Å². The Balaban J connectivity index is 1.86. The van der Waals surface area contributed by atoms with Crippen molar-refractivity contribution in [2.45, 2.75) is 19.4 Å². The summed E-state index contributed by atoms with van der Waals surface area (Å²) in [5.74, 6) is 1.20. The first-order chi connectivity index (χ1) is 13.1. The fourth-order valence-electron chi connectivity index (χ4n) is 2.92. The number of phenolic OH excluding ortho intramolecular Hbond substituents is 1. The summed E-state index contributed by atoms with van der Waals surface area (Å²) in [4.78, 5) is 8.99. The van der Waals surface area contributed by atoms with Crippen LogP contribution in [0.15, 0.2) is 54.9 Å². The highest BCUT2D eigenvalue weighted by Gasteiger charge is 2.12. The quantitative estimate of drug-likeness (QED) is 0.574. The maximum absolute atomic E-state index is 9.78. The molecule has 1 atom stereocenters. The van der Waals surface area contributed by atoms with Gasteiger partial charge in [-0.1, -0.05) is 19.1 Å². The molecule has 0 aliphatic heterocycles. The summed E-state index contributed by atoms with van der Waals surface area (Å²) in [6.45, 7) is 2.13. The molecule has 3 rings (SSSR count). The lowest BCUT2D eigenvalue weighted by Gasteiger charge is -2.19.